The van der Waals surface area contributed by atoms with Crippen LogP contribution < -0.4 is 10.1 Å². The zero-order valence-corrected chi connectivity index (χ0v) is 11.4. The molecule has 20 heavy (non-hydrogen) atoms. The van der Waals surface area contributed by atoms with Crippen LogP contribution in [-0.4, -0.2) is 29.0 Å². The fraction of sp³-hybridized carbons (Fsp3) is 0.267. The average Bonchev–Trinajstić information content (AvgIpc) is 2.49. The normalized spacial score (nSPS) is 10.1. The van der Waals surface area contributed by atoms with Crippen LogP contribution in [-0.2, 0) is 6.42 Å². The van der Waals surface area contributed by atoms with Gasteiger partial charge in [0.2, 0.25) is 5.88 Å². The van der Waals surface area contributed by atoms with E-state index in [0.29, 0.717) is 24.7 Å². The molecule has 0 atom stereocenters. The summed E-state index contributed by atoms with van der Waals surface area (Å²) in [5, 5.41) is 2.83. The molecule has 0 fully saturated rings. The summed E-state index contributed by atoms with van der Waals surface area (Å²) in [5.41, 5.74) is 1.50. The minimum Gasteiger partial charge on any atom is -0.478 e. The van der Waals surface area contributed by atoms with Crippen LogP contribution in [0.2, 0.25) is 0 Å². The molecule has 1 N–H and O–H groups in total. The maximum atomic E-state index is 11.9. The predicted octanol–water partition coefficient (Wildman–Crippen LogP) is 1.85. The lowest BCUT2D eigenvalue weighted by molar-refractivity contribution is 0.0948. The van der Waals surface area contributed by atoms with E-state index in [1.54, 1.807) is 6.07 Å². The molecule has 2 rings (SSSR count). The van der Waals surface area contributed by atoms with Crippen LogP contribution in [0.4, 0.5) is 0 Å². The van der Waals surface area contributed by atoms with E-state index in [-0.39, 0.29) is 5.91 Å². The Morgan fingerprint density at radius 1 is 1.25 bits per heavy atom. The molecule has 0 saturated heterocycles. The van der Waals surface area contributed by atoms with Crippen LogP contribution in [0.15, 0.2) is 42.7 Å². The maximum absolute atomic E-state index is 11.9. The Bertz CT molecular complexity index is 558. The first-order valence-electron chi connectivity index (χ1n) is 6.56. The van der Waals surface area contributed by atoms with Gasteiger partial charge < -0.3 is 10.1 Å². The van der Waals surface area contributed by atoms with E-state index in [0.717, 1.165) is 6.42 Å². The second-order valence-corrected chi connectivity index (χ2v) is 4.17. The van der Waals surface area contributed by atoms with Crippen molar-refractivity contribution < 1.29 is 9.53 Å². The number of hydrogen-bond donors (Lipinski definition) is 1. The number of hydrogen-bond acceptors (Lipinski definition) is 4. The summed E-state index contributed by atoms with van der Waals surface area (Å²) in [4.78, 5) is 19.8. The molecule has 0 aliphatic rings. The predicted molar refractivity (Wildman–Crippen MR) is 75.7 cm³/mol. The zero-order valence-electron chi connectivity index (χ0n) is 11.4. The highest BCUT2D eigenvalue weighted by molar-refractivity contribution is 5.92. The first-order chi connectivity index (χ1) is 9.79. The number of amides is 1. The quantitative estimate of drug-likeness (QED) is 0.870. The summed E-state index contributed by atoms with van der Waals surface area (Å²) in [5.74, 6) is 0.194. The van der Waals surface area contributed by atoms with E-state index in [4.69, 9.17) is 4.74 Å². The van der Waals surface area contributed by atoms with Crippen LogP contribution in [0.1, 0.15) is 23.0 Å². The number of rotatable bonds is 6. The summed E-state index contributed by atoms with van der Waals surface area (Å²) in [6.07, 6.45) is 2.12. The molecule has 0 bridgehead atoms. The van der Waals surface area contributed by atoms with Crippen molar-refractivity contribution >= 4 is 5.91 Å². The van der Waals surface area contributed by atoms with Gasteiger partial charge in [-0.3, -0.25) is 4.79 Å². The highest BCUT2D eigenvalue weighted by atomic mass is 16.5. The molecule has 1 heterocycles. The Morgan fingerprint density at radius 3 is 2.80 bits per heavy atom. The summed E-state index contributed by atoms with van der Waals surface area (Å²) in [6, 6.07) is 11.5. The lowest BCUT2D eigenvalue weighted by atomic mass is 10.1. The first-order valence-corrected chi connectivity index (χ1v) is 6.56. The third kappa shape index (κ3) is 4.05. The van der Waals surface area contributed by atoms with Crippen LogP contribution >= 0.6 is 0 Å². The van der Waals surface area contributed by atoms with Crippen molar-refractivity contribution in [2.45, 2.75) is 13.3 Å². The van der Waals surface area contributed by atoms with E-state index in [2.05, 4.69) is 15.3 Å². The van der Waals surface area contributed by atoms with Gasteiger partial charge in [0, 0.05) is 12.6 Å². The number of benzene rings is 1. The molecule has 0 unspecified atom stereocenters. The summed E-state index contributed by atoms with van der Waals surface area (Å²) in [7, 11) is 0. The van der Waals surface area contributed by atoms with Crippen molar-refractivity contribution in [3.05, 3.63) is 54.0 Å². The minimum absolute atomic E-state index is 0.218. The fourth-order valence-electron chi connectivity index (χ4n) is 1.75. The molecule has 0 saturated carbocycles. The molecule has 2 aromatic rings. The van der Waals surface area contributed by atoms with Gasteiger partial charge in [0.1, 0.15) is 12.0 Å². The van der Waals surface area contributed by atoms with Crippen molar-refractivity contribution in [2.24, 2.45) is 0 Å². The molecule has 1 aromatic carbocycles. The lowest BCUT2D eigenvalue weighted by Gasteiger charge is -2.06. The molecule has 104 valence electrons. The zero-order chi connectivity index (χ0) is 14.2. The van der Waals surface area contributed by atoms with E-state index < -0.39 is 0 Å². The Balaban J connectivity index is 1.87. The van der Waals surface area contributed by atoms with Gasteiger partial charge in [-0.05, 0) is 18.9 Å². The van der Waals surface area contributed by atoms with Crippen molar-refractivity contribution in [1.82, 2.24) is 15.3 Å². The average molecular weight is 271 g/mol. The molecule has 0 aliphatic carbocycles. The van der Waals surface area contributed by atoms with Gasteiger partial charge in [0.15, 0.2) is 0 Å². The van der Waals surface area contributed by atoms with E-state index in [1.165, 1.54) is 11.9 Å². The topological polar surface area (TPSA) is 64.1 Å². The first kappa shape index (κ1) is 14.0. The van der Waals surface area contributed by atoms with E-state index in [1.807, 2.05) is 37.3 Å². The van der Waals surface area contributed by atoms with E-state index >= 15 is 0 Å². The SMILES string of the molecule is CCOc1cc(C(=O)NCCc2ccccc2)ncn1. The van der Waals surface area contributed by atoms with Gasteiger partial charge in [0.25, 0.3) is 5.91 Å². The van der Waals surface area contributed by atoms with Crippen LogP contribution in [0.3, 0.4) is 0 Å². The van der Waals surface area contributed by atoms with Gasteiger partial charge in [-0.15, -0.1) is 0 Å². The van der Waals surface area contributed by atoms with E-state index in [9.17, 15) is 4.79 Å². The lowest BCUT2D eigenvalue weighted by Crippen LogP contribution is -2.26. The number of carbonyl (C=O) groups is 1. The smallest absolute Gasteiger partial charge is 0.270 e. The number of ether oxygens (including phenoxy) is 1. The maximum Gasteiger partial charge on any atom is 0.270 e. The monoisotopic (exact) mass is 271 g/mol. The third-order valence-electron chi connectivity index (χ3n) is 2.71. The van der Waals surface area contributed by atoms with Gasteiger partial charge in [-0.1, -0.05) is 30.3 Å². The summed E-state index contributed by atoms with van der Waals surface area (Å²) in [6.45, 7) is 2.94. The highest BCUT2D eigenvalue weighted by Crippen LogP contribution is 2.06. The van der Waals surface area contributed by atoms with Crippen molar-refractivity contribution in [3.8, 4) is 5.88 Å². The van der Waals surface area contributed by atoms with Crippen LogP contribution in [0.25, 0.3) is 0 Å². The Kier molecular flexibility index (Phi) is 5.06. The van der Waals surface area contributed by atoms with Gasteiger partial charge in [0.05, 0.1) is 6.61 Å². The molecular formula is C15H17N3O2. The molecule has 0 aliphatic heterocycles. The summed E-state index contributed by atoms with van der Waals surface area (Å²) >= 11 is 0. The molecule has 0 spiro atoms. The largest absolute Gasteiger partial charge is 0.478 e. The molecule has 1 amide bonds. The number of nitrogens with one attached hydrogen (secondary N) is 1. The number of nitrogens with zero attached hydrogens (tertiary/aromatic N) is 2. The van der Waals surface area contributed by atoms with Gasteiger partial charge >= 0.3 is 0 Å². The molecule has 5 heteroatoms. The number of carbonyl (C=O) groups excluding carboxylic acids is 1. The van der Waals surface area contributed by atoms with Gasteiger partial charge in [-0.2, -0.15) is 0 Å². The molecule has 1 aromatic heterocycles. The summed E-state index contributed by atoms with van der Waals surface area (Å²) < 4.78 is 5.24. The minimum atomic E-state index is -0.218. The molecular weight excluding hydrogens is 254 g/mol. The number of aromatic nitrogens is 2. The Hall–Kier alpha value is -2.43. The second kappa shape index (κ2) is 7.23. The second-order valence-electron chi connectivity index (χ2n) is 4.17. The molecule has 5 nitrogen and oxygen atoms in total. The standard InChI is InChI=1S/C15H17N3O2/c1-2-20-14-10-13(17-11-18-14)15(19)16-9-8-12-6-4-3-5-7-12/h3-7,10-11H,2,8-9H2,1H3,(H,16,19). The Morgan fingerprint density at radius 2 is 2.05 bits per heavy atom. The van der Waals surface area contributed by atoms with Gasteiger partial charge in [-0.25, -0.2) is 9.97 Å². The van der Waals surface area contributed by atoms with Crippen molar-refractivity contribution in [3.63, 3.8) is 0 Å². The van der Waals surface area contributed by atoms with Crippen LogP contribution in [0.5, 0.6) is 5.88 Å². The Labute approximate surface area is 118 Å². The van der Waals surface area contributed by atoms with Crippen molar-refractivity contribution in [1.29, 1.82) is 0 Å². The third-order valence-corrected chi connectivity index (χ3v) is 2.71. The van der Waals surface area contributed by atoms with Crippen molar-refractivity contribution in [2.75, 3.05) is 13.2 Å². The fourth-order valence-corrected chi connectivity index (χ4v) is 1.75. The van der Waals surface area contributed by atoms with Crippen LogP contribution in [0, 0.1) is 0 Å². The molecule has 0 radical (unpaired) electrons. The highest BCUT2D eigenvalue weighted by Gasteiger charge is 2.08.